The van der Waals surface area contributed by atoms with E-state index in [0.29, 0.717) is 18.8 Å². The van der Waals surface area contributed by atoms with Gasteiger partial charge >= 0.3 is 6.03 Å². The Hall–Kier alpha value is -2.89. The van der Waals surface area contributed by atoms with Crippen molar-refractivity contribution in [2.75, 3.05) is 22.9 Å². The van der Waals surface area contributed by atoms with Crippen molar-refractivity contribution in [1.29, 1.82) is 0 Å². The zero-order valence-corrected chi connectivity index (χ0v) is 14.3. The molecule has 0 unspecified atom stereocenters. The highest BCUT2D eigenvalue weighted by atomic mass is 19.1. The van der Waals surface area contributed by atoms with E-state index < -0.39 is 0 Å². The normalized spacial score (nSPS) is 19.4. The molecule has 2 aromatic carbocycles. The summed E-state index contributed by atoms with van der Waals surface area (Å²) in [6.45, 7) is 1.07. The standard InChI is InChI=1S/C20H20FN3O2/c21-15-7-9-17(10-8-15)24-13-16(12-19(24)25)22-20(26)23-11-3-5-14-4-1-2-6-18(14)23/h1-2,4,6-10,16H,3,5,11-13H2,(H,22,26)/t16-/m0/s1. The van der Waals surface area contributed by atoms with Crippen molar-refractivity contribution >= 4 is 23.3 Å². The molecule has 0 radical (unpaired) electrons. The lowest BCUT2D eigenvalue weighted by Crippen LogP contribution is -2.47. The van der Waals surface area contributed by atoms with Crippen molar-refractivity contribution < 1.29 is 14.0 Å². The highest BCUT2D eigenvalue weighted by Crippen LogP contribution is 2.27. The maximum atomic E-state index is 13.1. The molecule has 6 heteroatoms. The Morgan fingerprint density at radius 1 is 1.12 bits per heavy atom. The monoisotopic (exact) mass is 353 g/mol. The second-order valence-electron chi connectivity index (χ2n) is 6.72. The minimum atomic E-state index is -0.339. The van der Waals surface area contributed by atoms with Crippen molar-refractivity contribution in [3.05, 3.63) is 59.9 Å². The van der Waals surface area contributed by atoms with Gasteiger partial charge in [0.2, 0.25) is 5.91 Å². The van der Waals surface area contributed by atoms with Crippen LogP contribution in [0.3, 0.4) is 0 Å². The first-order valence-electron chi connectivity index (χ1n) is 8.84. The van der Waals surface area contributed by atoms with Crippen LogP contribution >= 0.6 is 0 Å². The van der Waals surface area contributed by atoms with Crippen LogP contribution in [0.2, 0.25) is 0 Å². The third-order valence-electron chi connectivity index (χ3n) is 4.95. The second kappa shape index (κ2) is 6.78. The molecule has 0 bridgehead atoms. The lowest BCUT2D eigenvalue weighted by atomic mass is 10.0. The molecule has 5 nitrogen and oxygen atoms in total. The maximum Gasteiger partial charge on any atom is 0.322 e. The Balaban J connectivity index is 1.45. The third-order valence-corrected chi connectivity index (χ3v) is 4.95. The van der Waals surface area contributed by atoms with E-state index >= 15 is 0 Å². The summed E-state index contributed by atoms with van der Waals surface area (Å²) in [6.07, 6.45) is 2.15. The molecule has 26 heavy (non-hydrogen) atoms. The Bertz CT molecular complexity index is 837. The van der Waals surface area contributed by atoms with Gasteiger partial charge < -0.3 is 10.2 Å². The number of nitrogens with one attached hydrogen (secondary N) is 1. The smallest absolute Gasteiger partial charge is 0.322 e. The molecule has 134 valence electrons. The van der Waals surface area contributed by atoms with Crippen LogP contribution < -0.4 is 15.1 Å². The zero-order valence-electron chi connectivity index (χ0n) is 14.3. The summed E-state index contributed by atoms with van der Waals surface area (Å²) in [5.74, 6) is -0.407. The average Bonchev–Trinajstić information content (AvgIpc) is 3.02. The summed E-state index contributed by atoms with van der Waals surface area (Å²) in [5, 5.41) is 2.98. The molecular weight excluding hydrogens is 333 g/mol. The number of amides is 3. The lowest BCUT2D eigenvalue weighted by molar-refractivity contribution is -0.117. The summed E-state index contributed by atoms with van der Waals surface area (Å²) in [5.41, 5.74) is 2.76. The van der Waals surface area contributed by atoms with Gasteiger partial charge in [-0.05, 0) is 48.7 Å². The number of urea groups is 1. The molecule has 0 spiro atoms. The molecular formula is C20H20FN3O2. The van der Waals surface area contributed by atoms with Gasteiger partial charge in [0, 0.05) is 30.9 Å². The molecule has 1 atom stereocenters. The summed E-state index contributed by atoms with van der Waals surface area (Å²) in [6, 6.07) is 13.3. The number of anilines is 2. The Kier molecular flexibility index (Phi) is 4.32. The van der Waals surface area contributed by atoms with E-state index in [2.05, 4.69) is 5.32 Å². The second-order valence-corrected chi connectivity index (χ2v) is 6.72. The number of para-hydroxylation sites is 1. The number of halogens is 1. The van der Waals surface area contributed by atoms with Crippen molar-refractivity contribution in [2.24, 2.45) is 0 Å². The topological polar surface area (TPSA) is 52.7 Å². The first kappa shape index (κ1) is 16.6. The van der Waals surface area contributed by atoms with E-state index in [1.807, 2.05) is 24.3 Å². The fraction of sp³-hybridized carbons (Fsp3) is 0.300. The van der Waals surface area contributed by atoms with E-state index in [4.69, 9.17) is 0 Å². The first-order chi connectivity index (χ1) is 12.6. The minimum Gasteiger partial charge on any atom is -0.333 e. The quantitative estimate of drug-likeness (QED) is 0.902. The van der Waals surface area contributed by atoms with Gasteiger partial charge in [-0.15, -0.1) is 0 Å². The SMILES string of the molecule is O=C1C[C@H](NC(=O)N2CCCc3ccccc32)CN1c1ccc(F)cc1. The number of rotatable bonds is 2. The van der Waals surface area contributed by atoms with E-state index in [1.54, 1.807) is 21.9 Å². The van der Waals surface area contributed by atoms with Crippen LogP contribution in [0.1, 0.15) is 18.4 Å². The molecule has 4 rings (SSSR count). The van der Waals surface area contributed by atoms with Crippen LogP contribution in [0.5, 0.6) is 0 Å². The fourth-order valence-corrected chi connectivity index (χ4v) is 3.67. The van der Waals surface area contributed by atoms with E-state index in [-0.39, 0.29) is 30.2 Å². The van der Waals surface area contributed by atoms with Gasteiger partial charge in [0.25, 0.3) is 0 Å². The first-order valence-corrected chi connectivity index (χ1v) is 8.84. The number of benzene rings is 2. The van der Waals surface area contributed by atoms with E-state index in [9.17, 15) is 14.0 Å². The maximum absolute atomic E-state index is 13.1. The third kappa shape index (κ3) is 3.14. The van der Waals surface area contributed by atoms with Crippen LogP contribution in [-0.4, -0.2) is 31.1 Å². The van der Waals surface area contributed by atoms with Gasteiger partial charge in [0.1, 0.15) is 5.82 Å². The molecule has 0 saturated carbocycles. The van der Waals surface area contributed by atoms with Gasteiger partial charge in [-0.3, -0.25) is 9.69 Å². The van der Waals surface area contributed by atoms with Crippen molar-refractivity contribution in [3.63, 3.8) is 0 Å². The van der Waals surface area contributed by atoms with E-state index in [1.165, 1.54) is 17.7 Å². The highest BCUT2D eigenvalue weighted by Gasteiger charge is 2.33. The van der Waals surface area contributed by atoms with Gasteiger partial charge in [-0.1, -0.05) is 18.2 Å². The summed E-state index contributed by atoms with van der Waals surface area (Å²) in [7, 11) is 0. The molecule has 0 aromatic heterocycles. The Morgan fingerprint density at radius 3 is 2.69 bits per heavy atom. The van der Waals surface area contributed by atoms with Crippen molar-refractivity contribution in [1.82, 2.24) is 5.32 Å². The molecule has 1 N–H and O–H groups in total. The van der Waals surface area contributed by atoms with Gasteiger partial charge in [-0.2, -0.15) is 0 Å². The summed E-state index contributed by atoms with van der Waals surface area (Å²) >= 11 is 0. The number of hydrogen-bond acceptors (Lipinski definition) is 2. The summed E-state index contributed by atoms with van der Waals surface area (Å²) in [4.78, 5) is 28.4. The zero-order chi connectivity index (χ0) is 18.1. The molecule has 2 aliphatic heterocycles. The molecule has 0 aliphatic carbocycles. The van der Waals surface area contributed by atoms with Crippen LogP contribution in [-0.2, 0) is 11.2 Å². The number of nitrogens with zero attached hydrogens (tertiary/aromatic N) is 2. The number of fused-ring (bicyclic) bond motifs is 1. The van der Waals surface area contributed by atoms with Gasteiger partial charge in [-0.25, -0.2) is 9.18 Å². The Labute approximate surface area is 151 Å². The van der Waals surface area contributed by atoms with Crippen LogP contribution in [0.15, 0.2) is 48.5 Å². The largest absolute Gasteiger partial charge is 0.333 e. The predicted octanol–water partition coefficient (Wildman–Crippen LogP) is 3.09. The van der Waals surface area contributed by atoms with Gasteiger partial charge in [0.05, 0.1) is 6.04 Å². The number of hydrogen-bond donors (Lipinski definition) is 1. The van der Waals surface area contributed by atoms with Crippen molar-refractivity contribution in [3.8, 4) is 0 Å². The molecule has 3 amide bonds. The van der Waals surface area contributed by atoms with Crippen molar-refractivity contribution in [2.45, 2.75) is 25.3 Å². The highest BCUT2D eigenvalue weighted by molar-refractivity contribution is 5.98. The Morgan fingerprint density at radius 2 is 1.88 bits per heavy atom. The fourth-order valence-electron chi connectivity index (χ4n) is 3.67. The molecule has 1 fully saturated rings. The minimum absolute atomic E-state index is 0.0686. The van der Waals surface area contributed by atoms with Crippen LogP contribution in [0, 0.1) is 5.82 Å². The number of carbonyl (C=O) groups is 2. The van der Waals surface area contributed by atoms with Crippen LogP contribution in [0.4, 0.5) is 20.6 Å². The average molecular weight is 353 g/mol. The molecule has 1 saturated heterocycles. The predicted molar refractivity (Wildman–Crippen MR) is 97.8 cm³/mol. The number of carbonyl (C=O) groups excluding carboxylic acids is 2. The van der Waals surface area contributed by atoms with Crippen LogP contribution in [0.25, 0.3) is 0 Å². The molecule has 2 aromatic rings. The number of aryl methyl sites for hydroxylation is 1. The van der Waals surface area contributed by atoms with Gasteiger partial charge in [0.15, 0.2) is 0 Å². The molecule has 2 heterocycles. The lowest BCUT2D eigenvalue weighted by Gasteiger charge is -2.30. The van der Waals surface area contributed by atoms with E-state index in [0.717, 1.165) is 18.5 Å². The molecule has 2 aliphatic rings. The summed E-state index contributed by atoms with van der Waals surface area (Å²) < 4.78 is 13.1.